The number of pyridine rings is 1. The summed E-state index contributed by atoms with van der Waals surface area (Å²) in [5.74, 6) is 6.48. The number of nitrogens with two attached hydrogens (primary N) is 1. The van der Waals surface area contributed by atoms with E-state index < -0.39 is 4.92 Å². The van der Waals surface area contributed by atoms with Gasteiger partial charge in [-0.1, -0.05) is 6.92 Å². The number of nitrogens with zero attached hydrogens (tertiary/aromatic N) is 5. The van der Waals surface area contributed by atoms with E-state index in [2.05, 4.69) is 15.2 Å². The van der Waals surface area contributed by atoms with Crippen LogP contribution in [0.3, 0.4) is 0 Å². The summed E-state index contributed by atoms with van der Waals surface area (Å²) in [6.07, 6.45) is 1.91. The number of aromatic nitrogens is 4. The van der Waals surface area contributed by atoms with E-state index >= 15 is 0 Å². The van der Waals surface area contributed by atoms with Gasteiger partial charge in [-0.15, -0.1) is 10.2 Å². The zero-order chi connectivity index (χ0) is 14.0. The molecule has 0 bridgehead atoms. The van der Waals surface area contributed by atoms with Crippen LogP contribution >= 0.6 is 11.8 Å². The van der Waals surface area contributed by atoms with Crippen molar-refractivity contribution < 1.29 is 4.92 Å². The maximum Gasteiger partial charge on any atom is 0.290 e. The van der Waals surface area contributed by atoms with Crippen molar-refractivity contribution in [2.24, 2.45) is 0 Å². The predicted octanol–water partition coefficient (Wildman–Crippen LogP) is 1.32. The fourth-order valence-corrected chi connectivity index (χ4v) is 2.29. The minimum atomic E-state index is -0.461. The van der Waals surface area contributed by atoms with E-state index in [1.165, 1.54) is 22.6 Å². The lowest BCUT2D eigenvalue weighted by molar-refractivity contribution is -0.385. The fraction of sp³-hybridized carbons (Fsp3) is 0.300. The quantitative estimate of drug-likeness (QED) is 0.510. The second-order valence-corrected chi connectivity index (χ2v) is 4.78. The Kier molecular flexibility index (Phi) is 3.65. The maximum atomic E-state index is 10.7. The van der Waals surface area contributed by atoms with E-state index in [0.29, 0.717) is 28.0 Å². The van der Waals surface area contributed by atoms with Gasteiger partial charge in [0.15, 0.2) is 5.82 Å². The molecule has 0 amide bonds. The third-order valence-corrected chi connectivity index (χ3v) is 3.40. The highest BCUT2D eigenvalue weighted by Crippen LogP contribution is 2.27. The van der Waals surface area contributed by atoms with Gasteiger partial charge in [0.05, 0.1) is 4.92 Å². The SMILES string of the molecule is CCc1nnc(Sc2cc(C)c([N+](=O)[O-])cn2)n1N. The summed E-state index contributed by atoms with van der Waals surface area (Å²) in [7, 11) is 0. The first kappa shape index (κ1) is 13.3. The average Bonchev–Trinajstić information content (AvgIpc) is 2.70. The molecule has 0 radical (unpaired) electrons. The summed E-state index contributed by atoms with van der Waals surface area (Å²) < 4.78 is 1.39. The van der Waals surface area contributed by atoms with Gasteiger partial charge in [-0.2, -0.15) is 0 Å². The molecule has 0 atom stereocenters. The van der Waals surface area contributed by atoms with Gasteiger partial charge in [0.2, 0.25) is 5.16 Å². The summed E-state index contributed by atoms with van der Waals surface area (Å²) in [5, 5.41) is 19.7. The van der Waals surface area contributed by atoms with E-state index in [-0.39, 0.29) is 5.69 Å². The summed E-state index contributed by atoms with van der Waals surface area (Å²) in [6, 6.07) is 1.63. The molecule has 8 nitrogen and oxygen atoms in total. The van der Waals surface area contributed by atoms with Crippen molar-refractivity contribution in [3.05, 3.63) is 33.8 Å². The highest BCUT2D eigenvalue weighted by atomic mass is 32.2. The van der Waals surface area contributed by atoms with Crippen molar-refractivity contribution in [3.63, 3.8) is 0 Å². The average molecular weight is 280 g/mol. The summed E-state index contributed by atoms with van der Waals surface area (Å²) in [4.78, 5) is 14.3. The third kappa shape index (κ3) is 2.65. The summed E-state index contributed by atoms with van der Waals surface area (Å²) in [5.41, 5.74) is 0.536. The lowest BCUT2D eigenvalue weighted by Gasteiger charge is -2.02. The monoisotopic (exact) mass is 280 g/mol. The smallest absolute Gasteiger partial charge is 0.290 e. The van der Waals surface area contributed by atoms with Crippen molar-refractivity contribution in [3.8, 4) is 0 Å². The third-order valence-electron chi connectivity index (χ3n) is 2.50. The molecule has 0 saturated carbocycles. The van der Waals surface area contributed by atoms with Crippen LogP contribution in [0, 0.1) is 17.0 Å². The predicted molar refractivity (Wildman–Crippen MR) is 69.3 cm³/mol. The van der Waals surface area contributed by atoms with E-state index in [1.807, 2.05) is 6.92 Å². The first-order valence-electron chi connectivity index (χ1n) is 5.51. The van der Waals surface area contributed by atoms with E-state index in [0.717, 1.165) is 0 Å². The lowest BCUT2D eigenvalue weighted by atomic mass is 10.3. The van der Waals surface area contributed by atoms with Crippen molar-refractivity contribution in [1.82, 2.24) is 19.9 Å². The molecule has 2 N–H and O–H groups in total. The van der Waals surface area contributed by atoms with Crippen LogP contribution in [-0.2, 0) is 6.42 Å². The number of nitro groups is 1. The number of hydrogen-bond donors (Lipinski definition) is 1. The zero-order valence-corrected chi connectivity index (χ0v) is 11.2. The van der Waals surface area contributed by atoms with Crippen molar-refractivity contribution >= 4 is 17.4 Å². The van der Waals surface area contributed by atoms with Crippen molar-refractivity contribution in [2.45, 2.75) is 30.5 Å². The normalized spacial score (nSPS) is 10.6. The molecule has 2 rings (SSSR count). The molecule has 2 heterocycles. The second kappa shape index (κ2) is 5.22. The molecular formula is C10H12N6O2S. The molecule has 0 aromatic carbocycles. The molecule has 100 valence electrons. The molecular weight excluding hydrogens is 268 g/mol. The van der Waals surface area contributed by atoms with E-state index in [4.69, 9.17) is 5.84 Å². The first-order valence-corrected chi connectivity index (χ1v) is 6.32. The van der Waals surface area contributed by atoms with Crippen LogP contribution in [0.1, 0.15) is 18.3 Å². The van der Waals surface area contributed by atoms with Gasteiger partial charge < -0.3 is 5.84 Å². The van der Waals surface area contributed by atoms with Gasteiger partial charge in [-0.05, 0) is 24.8 Å². The van der Waals surface area contributed by atoms with Crippen molar-refractivity contribution in [2.75, 3.05) is 5.84 Å². The topological polar surface area (TPSA) is 113 Å². The van der Waals surface area contributed by atoms with Crippen LogP contribution in [0.15, 0.2) is 22.4 Å². The molecule has 0 aliphatic carbocycles. The van der Waals surface area contributed by atoms with Gasteiger partial charge in [0.1, 0.15) is 11.2 Å². The Morgan fingerprint density at radius 2 is 2.26 bits per heavy atom. The van der Waals surface area contributed by atoms with Crippen LogP contribution in [0.2, 0.25) is 0 Å². The van der Waals surface area contributed by atoms with Crippen LogP contribution in [-0.4, -0.2) is 24.8 Å². The molecule has 0 saturated heterocycles. The highest BCUT2D eigenvalue weighted by Gasteiger charge is 2.14. The largest absolute Gasteiger partial charge is 0.336 e. The Hall–Kier alpha value is -2.16. The Balaban J connectivity index is 2.26. The number of rotatable bonds is 4. The number of hydrogen-bond acceptors (Lipinski definition) is 7. The standard InChI is InChI=1S/C10H12N6O2S/c1-3-8-13-14-10(15(8)11)19-9-4-6(2)7(5-12-9)16(17)18/h4-5H,3,11H2,1-2H3. The fourth-order valence-electron chi connectivity index (χ4n) is 1.48. The Labute approximate surface area is 113 Å². The Morgan fingerprint density at radius 3 is 2.79 bits per heavy atom. The zero-order valence-electron chi connectivity index (χ0n) is 10.4. The minimum Gasteiger partial charge on any atom is -0.336 e. The van der Waals surface area contributed by atoms with Crippen LogP contribution in [0.5, 0.6) is 0 Å². The van der Waals surface area contributed by atoms with Gasteiger partial charge >= 0.3 is 0 Å². The van der Waals surface area contributed by atoms with Crippen LogP contribution in [0.25, 0.3) is 0 Å². The van der Waals surface area contributed by atoms with Gasteiger partial charge in [-0.25, -0.2) is 9.66 Å². The molecule has 0 aliphatic heterocycles. The molecule has 2 aromatic heterocycles. The van der Waals surface area contributed by atoms with Crippen molar-refractivity contribution in [1.29, 1.82) is 0 Å². The molecule has 9 heteroatoms. The maximum absolute atomic E-state index is 10.7. The lowest BCUT2D eigenvalue weighted by Crippen LogP contribution is -2.13. The summed E-state index contributed by atoms with van der Waals surface area (Å²) in [6.45, 7) is 3.59. The molecule has 19 heavy (non-hydrogen) atoms. The van der Waals surface area contributed by atoms with Crippen LogP contribution < -0.4 is 5.84 Å². The van der Waals surface area contributed by atoms with Gasteiger partial charge in [0, 0.05) is 12.0 Å². The molecule has 0 spiro atoms. The van der Waals surface area contributed by atoms with E-state index in [9.17, 15) is 10.1 Å². The Bertz CT molecular complexity index is 626. The molecule has 0 aliphatic rings. The van der Waals surface area contributed by atoms with Crippen LogP contribution in [0.4, 0.5) is 5.69 Å². The first-order chi connectivity index (χ1) is 9.02. The van der Waals surface area contributed by atoms with Gasteiger partial charge in [0.25, 0.3) is 5.69 Å². The second-order valence-electron chi connectivity index (χ2n) is 3.79. The summed E-state index contributed by atoms with van der Waals surface area (Å²) >= 11 is 1.22. The molecule has 0 unspecified atom stereocenters. The number of nitrogen functional groups attached to an aromatic ring is 1. The highest BCUT2D eigenvalue weighted by molar-refractivity contribution is 7.99. The molecule has 0 fully saturated rings. The van der Waals surface area contributed by atoms with Gasteiger partial charge in [-0.3, -0.25) is 10.1 Å². The molecule has 2 aromatic rings. The minimum absolute atomic E-state index is 0.00666. The number of aryl methyl sites for hydroxylation is 2. The Morgan fingerprint density at radius 1 is 1.53 bits per heavy atom. The van der Waals surface area contributed by atoms with E-state index in [1.54, 1.807) is 13.0 Å².